The summed E-state index contributed by atoms with van der Waals surface area (Å²) in [5, 5.41) is 0. The van der Waals surface area contributed by atoms with Crippen LogP contribution in [0.2, 0.25) is 0 Å². The molecule has 0 aliphatic carbocycles. The van der Waals surface area contributed by atoms with E-state index in [9.17, 15) is 4.79 Å². The van der Waals surface area contributed by atoms with Gasteiger partial charge in [0, 0.05) is 24.5 Å². The summed E-state index contributed by atoms with van der Waals surface area (Å²) >= 11 is 3.45. The van der Waals surface area contributed by atoms with Gasteiger partial charge < -0.3 is 9.64 Å². The van der Waals surface area contributed by atoms with E-state index in [1.807, 2.05) is 30.1 Å². The molecule has 2 atom stereocenters. The molecule has 0 radical (unpaired) electrons. The number of likely N-dealkylation sites (tertiary alicyclic amines) is 1. The molecular weight excluding hydrogens is 282 g/mol. The number of piperidine rings is 1. The SMILES string of the molecule is CN1CCC2Oc3ccc(Br)cc3CC2C1=O. The van der Waals surface area contributed by atoms with Gasteiger partial charge in [-0.15, -0.1) is 0 Å². The van der Waals surface area contributed by atoms with Crippen molar-refractivity contribution in [1.29, 1.82) is 0 Å². The highest BCUT2D eigenvalue weighted by atomic mass is 79.9. The summed E-state index contributed by atoms with van der Waals surface area (Å²) in [6.07, 6.45) is 1.79. The second-order valence-corrected chi connectivity index (χ2v) is 5.68. The van der Waals surface area contributed by atoms with Crippen LogP contribution in [-0.2, 0) is 11.2 Å². The van der Waals surface area contributed by atoms with E-state index in [-0.39, 0.29) is 17.9 Å². The van der Waals surface area contributed by atoms with E-state index in [0.717, 1.165) is 35.2 Å². The highest BCUT2D eigenvalue weighted by Gasteiger charge is 2.39. The van der Waals surface area contributed by atoms with Gasteiger partial charge >= 0.3 is 0 Å². The first-order chi connectivity index (χ1) is 8.15. The molecule has 0 aromatic heterocycles. The number of nitrogens with zero attached hydrogens (tertiary/aromatic N) is 1. The van der Waals surface area contributed by atoms with Crippen LogP contribution in [0.3, 0.4) is 0 Å². The monoisotopic (exact) mass is 295 g/mol. The zero-order valence-electron chi connectivity index (χ0n) is 9.65. The fraction of sp³-hybridized carbons (Fsp3) is 0.462. The lowest BCUT2D eigenvalue weighted by Gasteiger charge is -2.39. The minimum atomic E-state index is -0.00412. The standard InChI is InChI=1S/C13H14BrNO2/c1-15-5-4-12-10(13(15)16)7-8-6-9(14)2-3-11(8)17-12/h2-3,6,10,12H,4-5,7H2,1H3. The van der Waals surface area contributed by atoms with Crippen molar-refractivity contribution in [3.8, 4) is 5.75 Å². The van der Waals surface area contributed by atoms with Gasteiger partial charge in [-0.25, -0.2) is 0 Å². The number of fused-ring (bicyclic) bond motifs is 2. The zero-order valence-corrected chi connectivity index (χ0v) is 11.2. The van der Waals surface area contributed by atoms with Gasteiger partial charge in [0.2, 0.25) is 5.91 Å². The molecule has 2 aliphatic rings. The van der Waals surface area contributed by atoms with Gasteiger partial charge in [-0.3, -0.25) is 4.79 Å². The summed E-state index contributed by atoms with van der Waals surface area (Å²) in [6.45, 7) is 0.797. The lowest BCUT2D eigenvalue weighted by atomic mass is 9.85. The highest BCUT2D eigenvalue weighted by molar-refractivity contribution is 9.10. The van der Waals surface area contributed by atoms with Crippen molar-refractivity contribution in [3.05, 3.63) is 28.2 Å². The van der Waals surface area contributed by atoms with Gasteiger partial charge in [-0.2, -0.15) is 0 Å². The number of halogens is 1. The van der Waals surface area contributed by atoms with E-state index < -0.39 is 0 Å². The van der Waals surface area contributed by atoms with Crippen LogP contribution in [0, 0.1) is 5.92 Å². The second-order valence-electron chi connectivity index (χ2n) is 4.77. The van der Waals surface area contributed by atoms with Crippen LogP contribution in [0.4, 0.5) is 0 Å². The highest BCUT2D eigenvalue weighted by Crippen LogP contribution is 2.36. The summed E-state index contributed by atoms with van der Waals surface area (Å²) in [5.74, 6) is 1.15. The maximum atomic E-state index is 12.1. The average molecular weight is 296 g/mol. The third-order valence-corrected chi connectivity index (χ3v) is 4.13. The molecule has 0 saturated carbocycles. The summed E-state index contributed by atoms with van der Waals surface area (Å²) in [7, 11) is 1.87. The molecule has 0 N–H and O–H groups in total. The fourth-order valence-electron chi connectivity index (χ4n) is 2.66. The largest absolute Gasteiger partial charge is 0.489 e. The van der Waals surface area contributed by atoms with Crippen LogP contribution in [0.15, 0.2) is 22.7 Å². The van der Waals surface area contributed by atoms with Crippen LogP contribution in [0.25, 0.3) is 0 Å². The smallest absolute Gasteiger partial charge is 0.229 e. The van der Waals surface area contributed by atoms with Crippen LogP contribution >= 0.6 is 15.9 Å². The molecule has 1 aromatic rings. The van der Waals surface area contributed by atoms with Gasteiger partial charge in [0.1, 0.15) is 11.9 Å². The van der Waals surface area contributed by atoms with E-state index >= 15 is 0 Å². The number of rotatable bonds is 0. The molecule has 17 heavy (non-hydrogen) atoms. The lowest BCUT2D eigenvalue weighted by molar-refractivity contribution is -0.142. The summed E-state index contributed by atoms with van der Waals surface area (Å²) in [6, 6.07) is 6.02. The molecule has 2 unspecified atom stereocenters. The predicted molar refractivity (Wildman–Crippen MR) is 68.0 cm³/mol. The van der Waals surface area contributed by atoms with Gasteiger partial charge in [-0.05, 0) is 30.2 Å². The first kappa shape index (κ1) is 11.1. The van der Waals surface area contributed by atoms with Crippen molar-refractivity contribution in [2.75, 3.05) is 13.6 Å². The van der Waals surface area contributed by atoms with Crippen molar-refractivity contribution in [3.63, 3.8) is 0 Å². The fourth-order valence-corrected chi connectivity index (χ4v) is 3.07. The maximum absolute atomic E-state index is 12.1. The van der Waals surface area contributed by atoms with Crippen molar-refractivity contribution in [2.45, 2.75) is 18.9 Å². The normalized spacial score (nSPS) is 27.2. The Kier molecular flexibility index (Phi) is 2.62. The molecular formula is C13H14BrNO2. The Hall–Kier alpha value is -1.03. The molecule has 0 bridgehead atoms. The number of carbonyl (C=O) groups is 1. The third kappa shape index (κ3) is 1.84. The first-order valence-electron chi connectivity index (χ1n) is 5.85. The number of hydrogen-bond acceptors (Lipinski definition) is 2. The van der Waals surface area contributed by atoms with Crippen LogP contribution < -0.4 is 4.74 Å². The molecule has 3 nitrogen and oxygen atoms in total. The first-order valence-corrected chi connectivity index (χ1v) is 6.64. The Bertz CT molecular complexity index is 474. The van der Waals surface area contributed by atoms with E-state index in [4.69, 9.17) is 4.74 Å². The average Bonchev–Trinajstić information content (AvgIpc) is 2.32. The van der Waals surface area contributed by atoms with E-state index in [0.29, 0.717) is 0 Å². The Morgan fingerprint density at radius 1 is 1.47 bits per heavy atom. The van der Waals surface area contributed by atoms with Gasteiger partial charge in [0.15, 0.2) is 0 Å². The van der Waals surface area contributed by atoms with Crippen LogP contribution in [-0.4, -0.2) is 30.5 Å². The van der Waals surface area contributed by atoms with Gasteiger partial charge in [0.05, 0.1) is 5.92 Å². The van der Waals surface area contributed by atoms with Gasteiger partial charge in [-0.1, -0.05) is 15.9 Å². The second kappa shape index (κ2) is 4.02. The van der Waals surface area contributed by atoms with E-state index in [1.54, 1.807) is 0 Å². The molecule has 0 spiro atoms. The van der Waals surface area contributed by atoms with E-state index in [1.165, 1.54) is 0 Å². The van der Waals surface area contributed by atoms with Crippen molar-refractivity contribution < 1.29 is 9.53 Å². The molecule has 1 aromatic carbocycles. The molecule has 1 amide bonds. The minimum absolute atomic E-state index is 0.00412. The molecule has 2 heterocycles. The Morgan fingerprint density at radius 2 is 2.29 bits per heavy atom. The number of ether oxygens (including phenoxy) is 1. The number of hydrogen-bond donors (Lipinski definition) is 0. The van der Waals surface area contributed by atoms with Gasteiger partial charge in [0.25, 0.3) is 0 Å². The van der Waals surface area contributed by atoms with E-state index in [2.05, 4.69) is 15.9 Å². The minimum Gasteiger partial charge on any atom is -0.489 e. The predicted octanol–water partition coefficient (Wildman–Crippen LogP) is 2.23. The van der Waals surface area contributed by atoms with Crippen LogP contribution in [0.5, 0.6) is 5.75 Å². The molecule has 3 rings (SSSR count). The van der Waals surface area contributed by atoms with Crippen molar-refractivity contribution in [1.82, 2.24) is 4.90 Å². The number of benzene rings is 1. The topological polar surface area (TPSA) is 29.5 Å². The van der Waals surface area contributed by atoms with Crippen molar-refractivity contribution >= 4 is 21.8 Å². The Balaban J connectivity index is 1.94. The number of carbonyl (C=O) groups excluding carboxylic acids is 1. The Morgan fingerprint density at radius 3 is 3.12 bits per heavy atom. The van der Waals surface area contributed by atoms with Crippen molar-refractivity contribution in [2.24, 2.45) is 5.92 Å². The molecule has 1 fully saturated rings. The third-order valence-electron chi connectivity index (χ3n) is 3.63. The maximum Gasteiger partial charge on any atom is 0.229 e. The molecule has 4 heteroatoms. The number of amides is 1. The Labute approximate surface area is 109 Å². The lowest BCUT2D eigenvalue weighted by Crippen LogP contribution is -2.50. The molecule has 1 saturated heterocycles. The zero-order chi connectivity index (χ0) is 12.0. The molecule has 2 aliphatic heterocycles. The summed E-state index contributed by atoms with van der Waals surface area (Å²) in [4.78, 5) is 13.9. The van der Waals surface area contributed by atoms with Crippen LogP contribution in [0.1, 0.15) is 12.0 Å². The summed E-state index contributed by atoms with van der Waals surface area (Å²) in [5.41, 5.74) is 1.13. The summed E-state index contributed by atoms with van der Waals surface area (Å²) < 4.78 is 6.98. The molecule has 90 valence electrons. The quantitative estimate of drug-likeness (QED) is 0.735.